The fraction of sp³-hybridized carbons (Fsp3) is 0.500. The highest BCUT2D eigenvalue weighted by Gasteiger charge is 1.82. The SMILES string of the molecule is CCC.CCO.Cc1ccc(O)cc1. The van der Waals surface area contributed by atoms with Gasteiger partial charge in [-0.05, 0) is 26.0 Å². The lowest BCUT2D eigenvalue weighted by molar-refractivity contribution is 0.318. The molecular formula is C12H22O2. The molecule has 0 spiro atoms. The van der Waals surface area contributed by atoms with Crippen LogP contribution in [0.3, 0.4) is 0 Å². The molecule has 0 aliphatic heterocycles. The third-order valence-corrected chi connectivity index (χ3v) is 1.03. The van der Waals surface area contributed by atoms with Crippen molar-refractivity contribution >= 4 is 0 Å². The Morgan fingerprint density at radius 2 is 1.29 bits per heavy atom. The molecule has 2 heteroatoms. The summed E-state index contributed by atoms with van der Waals surface area (Å²) in [6, 6.07) is 7.09. The Morgan fingerprint density at radius 3 is 1.50 bits per heavy atom. The summed E-state index contributed by atoms with van der Waals surface area (Å²) in [5, 5.41) is 16.3. The monoisotopic (exact) mass is 198 g/mol. The zero-order valence-electron chi connectivity index (χ0n) is 9.62. The van der Waals surface area contributed by atoms with Crippen LogP contribution in [0.5, 0.6) is 5.75 Å². The van der Waals surface area contributed by atoms with Crippen molar-refractivity contribution in [1.29, 1.82) is 0 Å². The number of aliphatic hydroxyl groups is 1. The number of hydrogen-bond donors (Lipinski definition) is 2. The number of hydrogen-bond acceptors (Lipinski definition) is 2. The van der Waals surface area contributed by atoms with Crippen LogP contribution in [-0.2, 0) is 0 Å². The van der Waals surface area contributed by atoms with Gasteiger partial charge in [0.05, 0.1) is 0 Å². The maximum atomic E-state index is 8.76. The molecule has 0 unspecified atom stereocenters. The first-order valence-corrected chi connectivity index (χ1v) is 4.98. The molecule has 0 atom stereocenters. The van der Waals surface area contributed by atoms with Crippen LogP contribution in [0.2, 0.25) is 0 Å². The van der Waals surface area contributed by atoms with Gasteiger partial charge in [0.1, 0.15) is 5.75 Å². The molecule has 0 bridgehead atoms. The van der Waals surface area contributed by atoms with Gasteiger partial charge in [0, 0.05) is 6.61 Å². The van der Waals surface area contributed by atoms with Crippen molar-refractivity contribution < 1.29 is 10.2 Å². The summed E-state index contributed by atoms with van der Waals surface area (Å²) >= 11 is 0. The van der Waals surface area contributed by atoms with Crippen molar-refractivity contribution in [1.82, 2.24) is 0 Å². The van der Waals surface area contributed by atoms with Crippen LogP contribution in [-0.4, -0.2) is 16.8 Å². The molecular weight excluding hydrogens is 176 g/mol. The zero-order valence-corrected chi connectivity index (χ0v) is 9.62. The molecule has 1 aromatic carbocycles. The van der Waals surface area contributed by atoms with E-state index < -0.39 is 0 Å². The summed E-state index contributed by atoms with van der Waals surface area (Å²) in [6.07, 6.45) is 1.25. The number of phenols is 1. The second kappa shape index (κ2) is 12.0. The molecule has 14 heavy (non-hydrogen) atoms. The van der Waals surface area contributed by atoms with Gasteiger partial charge in [-0.3, -0.25) is 0 Å². The van der Waals surface area contributed by atoms with Gasteiger partial charge in [0.2, 0.25) is 0 Å². The molecule has 2 nitrogen and oxygen atoms in total. The summed E-state index contributed by atoms with van der Waals surface area (Å²) in [6.45, 7) is 8.17. The van der Waals surface area contributed by atoms with Crippen LogP contribution < -0.4 is 0 Å². The van der Waals surface area contributed by atoms with E-state index in [1.54, 1.807) is 19.1 Å². The smallest absolute Gasteiger partial charge is 0.115 e. The lowest BCUT2D eigenvalue weighted by Gasteiger charge is -1.89. The molecule has 82 valence electrons. The Labute approximate surface area is 87.2 Å². The number of phenolic OH excluding ortho intramolecular Hbond substituents is 1. The van der Waals surface area contributed by atoms with Crippen LogP contribution in [0.15, 0.2) is 24.3 Å². The number of aryl methyl sites for hydroxylation is 1. The van der Waals surface area contributed by atoms with Crippen LogP contribution in [0.1, 0.15) is 32.8 Å². The minimum Gasteiger partial charge on any atom is -0.508 e. The van der Waals surface area contributed by atoms with E-state index in [-0.39, 0.29) is 6.61 Å². The van der Waals surface area contributed by atoms with Crippen molar-refractivity contribution in [2.45, 2.75) is 34.1 Å². The van der Waals surface area contributed by atoms with E-state index in [2.05, 4.69) is 13.8 Å². The first-order chi connectivity index (χ1) is 6.62. The van der Waals surface area contributed by atoms with Gasteiger partial charge in [0.25, 0.3) is 0 Å². The highest BCUT2D eigenvalue weighted by atomic mass is 16.3. The third-order valence-electron chi connectivity index (χ3n) is 1.03. The van der Waals surface area contributed by atoms with Crippen LogP contribution in [0.25, 0.3) is 0 Å². The average molecular weight is 198 g/mol. The number of aliphatic hydroxyl groups excluding tert-OH is 1. The molecule has 0 amide bonds. The molecule has 0 aliphatic rings. The topological polar surface area (TPSA) is 40.5 Å². The summed E-state index contributed by atoms with van der Waals surface area (Å²) in [7, 11) is 0. The van der Waals surface area contributed by atoms with E-state index in [1.807, 2.05) is 19.1 Å². The molecule has 0 aromatic heterocycles. The predicted octanol–water partition coefficient (Wildman–Crippen LogP) is 3.12. The molecule has 1 aromatic rings. The van der Waals surface area contributed by atoms with E-state index in [1.165, 1.54) is 12.0 Å². The highest BCUT2D eigenvalue weighted by Crippen LogP contribution is 2.07. The quantitative estimate of drug-likeness (QED) is 0.672. The van der Waals surface area contributed by atoms with Crippen molar-refractivity contribution in [2.75, 3.05) is 6.61 Å². The molecule has 0 saturated heterocycles. The van der Waals surface area contributed by atoms with Crippen LogP contribution >= 0.6 is 0 Å². The fourth-order valence-electron chi connectivity index (χ4n) is 0.545. The van der Waals surface area contributed by atoms with Crippen molar-refractivity contribution in [3.05, 3.63) is 29.8 Å². The van der Waals surface area contributed by atoms with E-state index in [0.29, 0.717) is 5.75 Å². The standard InChI is InChI=1S/C7H8O.C3H8.C2H6O/c1-6-2-4-7(8)5-3-6;1-3-2;1-2-3/h2-5,8H,1H3;3H2,1-2H3;3H,2H2,1H3. The summed E-state index contributed by atoms with van der Waals surface area (Å²) in [5.74, 6) is 0.329. The lowest BCUT2D eigenvalue weighted by Crippen LogP contribution is -1.66. The predicted molar refractivity (Wildman–Crippen MR) is 61.6 cm³/mol. The first-order valence-electron chi connectivity index (χ1n) is 4.98. The second-order valence-corrected chi connectivity index (χ2v) is 2.86. The Balaban J connectivity index is 0. The van der Waals surface area contributed by atoms with Crippen LogP contribution in [0, 0.1) is 6.92 Å². The van der Waals surface area contributed by atoms with Gasteiger partial charge in [0.15, 0.2) is 0 Å². The highest BCUT2D eigenvalue weighted by molar-refractivity contribution is 5.24. The molecule has 0 saturated carbocycles. The first kappa shape index (κ1) is 15.5. The van der Waals surface area contributed by atoms with Gasteiger partial charge < -0.3 is 10.2 Å². The van der Waals surface area contributed by atoms with Crippen molar-refractivity contribution in [3.63, 3.8) is 0 Å². The molecule has 0 aliphatic carbocycles. The molecule has 0 fully saturated rings. The number of rotatable bonds is 0. The normalized spacial score (nSPS) is 7.79. The molecule has 0 radical (unpaired) electrons. The number of benzene rings is 1. The van der Waals surface area contributed by atoms with Gasteiger partial charge >= 0.3 is 0 Å². The van der Waals surface area contributed by atoms with Crippen LogP contribution in [0.4, 0.5) is 0 Å². The molecule has 2 N–H and O–H groups in total. The lowest BCUT2D eigenvalue weighted by atomic mass is 10.2. The largest absolute Gasteiger partial charge is 0.508 e. The number of aromatic hydroxyl groups is 1. The zero-order chi connectivity index (χ0) is 11.4. The van der Waals surface area contributed by atoms with E-state index in [9.17, 15) is 0 Å². The fourth-order valence-corrected chi connectivity index (χ4v) is 0.545. The molecule has 0 heterocycles. The Morgan fingerprint density at radius 1 is 1.00 bits per heavy atom. The second-order valence-electron chi connectivity index (χ2n) is 2.86. The Bertz CT molecular complexity index is 169. The van der Waals surface area contributed by atoms with Crippen molar-refractivity contribution in [3.8, 4) is 5.75 Å². The molecule has 1 rings (SSSR count). The minimum absolute atomic E-state index is 0.250. The van der Waals surface area contributed by atoms with Gasteiger partial charge in [-0.2, -0.15) is 0 Å². The Kier molecular flexibility index (Phi) is 13.2. The van der Waals surface area contributed by atoms with Gasteiger partial charge in [-0.25, -0.2) is 0 Å². The third kappa shape index (κ3) is 13.6. The van der Waals surface area contributed by atoms with Crippen molar-refractivity contribution in [2.24, 2.45) is 0 Å². The van der Waals surface area contributed by atoms with Gasteiger partial charge in [-0.1, -0.05) is 38.0 Å². The van der Waals surface area contributed by atoms with E-state index >= 15 is 0 Å². The average Bonchev–Trinajstić information content (AvgIpc) is 2.13. The minimum atomic E-state index is 0.250. The summed E-state index contributed by atoms with van der Waals surface area (Å²) in [4.78, 5) is 0. The maximum Gasteiger partial charge on any atom is 0.115 e. The Hall–Kier alpha value is -1.02. The summed E-state index contributed by atoms with van der Waals surface area (Å²) in [5.41, 5.74) is 1.17. The summed E-state index contributed by atoms with van der Waals surface area (Å²) < 4.78 is 0. The van der Waals surface area contributed by atoms with Gasteiger partial charge in [-0.15, -0.1) is 0 Å². The maximum absolute atomic E-state index is 8.76. The van der Waals surface area contributed by atoms with E-state index in [0.717, 1.165) is 0 Å². The van der Waals surface area contributed by atoms with E-state index in [4.69, 9.17) is 10.2 Å².